The molecule has 0 aliphatic rings. The third kappa shape index (κ3) is 0.819. The van der Waals surface area contributed by atoms with E-state index in [-0.39, 0.29) is 11.3 Å². The van der Waals surface area contributed by atoms with Crippen LogP contribution in [0.4, 0.5) is 4.39 Å². The molecule has 2 heterocycles. The highest BCUT2D eigenvalue weighted by Crippen LogP contribution is 2.14. The minimum atomic E-state index is -0.375. The van der Waals surface area contributed by atoms with Gasteiger partial charge in [0.1, 0.15) is 5.52 Å². The van der Waals surface area contributed by atoms with E-state index in [0.717, 1.165) is 0 Å². The van der Waals surface area contributed by atoms with Gasteiger partial charge in [-0.15, -0.1) is 5.10 Å². The molecular formula is C8H4FN5. The lowest BCUT2D eigenvalue weighted by Gasteiger charge is -1.98. The van der Waals surface area contributed by atoms with Crippen LogP contribution in [0.3, 0.4) is 0 Å². The van der Waals surface area contributed by atoms with Crippen molar-refractivity contribution in [2.75, 3.05) is 0 Å². The third-order valence-electron chi connectivity index (χ3n) is 2.00. The molecule has 0 amide bonds. The van der Waals surface area contributed by atoms with E-state index >= 15 is 0 Å². The maximum atomic E-state index is 13.3. The second kappa shape index (κ2) is 2.44. The molecule has 3 rings (SSSR count). The summed E-state index contributed by atoms with van der Waals surface area (Å²) in [7, 11) is 0. The minimum Gasteiger partial charge on any atom is -0.247 e. The minimum absolute atomic E-state index is 0.271. The Morgan fingerprint density at radius 3 is 3.14 bits per heavy atom. The van der Waals surface area contributed by atoms with Crippen LogP contribution in [-0.2, 0) is 0 Å². The quantitative estimate of drug-likeness (QED) is 0.525. The van der Waals surface area contributed by atoms with Crippen LogP contribution in [0.25, 0.3) is 16.7 Å². The average Bonchev–Trinajstić information content (AvgIpc) is 2.66. The van der Waals surface area contributed by atoms with Crippen molar-refractivity contribution in [1.82, 2.24) is 25.0 Å². The fourth-order valence-corrected chi connectivity index (χ4v) is 1.37. The molecule has 3 aromatic rings. The average molecular weight is 189 g/mol. The van der Waals surface area contributed by atoms with Crippen LogP contribution in [0.1, 0.15) is 0 Å². The van der Waals surface area contributed by atoms with Gasteiger partial charge in [0.15, 0.2) is 11.5 Å². The van der Waals surface area contributed by atoms with Crippen molar-refractivity contribution in [1.29, 1.82) is 0 Å². The van der Waals surface area contributed by atoms with Gasteiger partial charge in [-0.2, -0.15) is 4.52 Å². The largest absolute Gasteiger partial charge is 0.247 e. The fourth-order valence-electron chi connectivity index (χ4n) is 1.37. The molecule has 0 aliphatic heterocycles. The molecule has 0 saturated heterocycles. The zero-order valence-corrected chi connectivity index (χ0v) is 6.92. The summed E-state index contributed by atoms with van der Waals surface area (Å²) >= 11 is 0. The van der Waals surface area contributed by atoms with Gasteiger partial charge in [-0.05, 0) is 22.6 Å². The van der Waals surface area contributed by atoms with E-state index in [9.17, 15) is 4.39 Å². The Balaban J connectivity index is 2.64. The van der Waals surface area contributed by atoms with Crippen molar-refractivity contribution in [3.63, 3.8) is 0 Å². The van der Waals surface area contributed by atoms with Crippen LogP contribution >= 0.6 is 0 Å². The SMILES string of the molecule is Fc1cccc2c1ncc1nnnn12. The molecule has 68 valence electrons. The van der Waals surface area contributed by atoms with E-state index in [1.807, 2.05) is 0 Å². The molecule has 0 atom stereocenters. The number of fused-ring (bicyclic) bond motifs is 3. The van der Waals surface area contributed by atoms with E-state index in [2.05, 4.69) is 20.5 Å². The first-order chi connectivity index (χ1) is 6.86. The molecule has 0 unspecified atom stereocenters. The molecule has 0 bridgehead atoms. The molecule has 0 N–H and O–H groups in total. The van der Waals surface area contributed by atoms with Gasteiger partial charge >= 0.3 is 0 Å². The van der Waals surface area contributed by atoms with E-state index in [4.69, 9.17) is 0 Å². The Labute approximate surface area is 77.2 Å². The summed E-state index contributed by atoms with van der Waals surface area (Å²) in [5.74, 6) is -0.375. The lowest BCUT2D eigenvalue weighted by molar-refractivity contribution is 0.636. The van der Waals surface area contributed by atoms with E-state index < -0.39 is 0 Å². The Kier molecular flexibility index (Phi) is 1.27. The number of para-hydroxylation sites is 1. The fraction of sp³-hybridized carbons (Fsp3) is 0. The first-order valence-electron chi connectivity index (χ1n) is 3.97. The highest BCUT2D eigenvalue weighted by Gasteiger charge is 2.06. The van der Waals surface area contributed by atoms with Crippen molar-refractivity contribution < 1.29 is 4.39 Å². The molecule has 1 aromatic carbocycles. The van der Waals surface area contributed by atoms with Crippen LogP contribution in [0.5, 0.6) is 0 Å². The smallest absolute Gasteiger partial charge is 0.198 e. The summed E-state index contributed by atoms with van der Waals surface area (Å²) in [5.41, 5.74) is 1.34. The van der Waals surface area contributed by atoms with Gasteiger partial charge in [0.05, 0.1) is 11.7 Å². The standard InChI is InChI=1S/C8H4FN5/c9-5-2-1-3-6-8(5)10-4-7-11-12-13-14(6)7/h1-4H. The number of halogens is 1. The molecular weight excluding hydrogens is 185 g/mol. The second-order valence-corrected chi connectivity index (χ2v) is 2.81. The Hall–Kier alpha value is -2.11. The van der Waals surface area contributed by atoms with Crippen LogP contribution in [0, 0.1) is 5.82 Å². The van der Waals surface area contributed by atoms with Crippen molar-refractivity contribution in [3.05, 3.63) is 30.2 Å². The normalized spacial score (nSPS) is 11.2. The predicted octanol–water partition coefficient (Wildman–Crippen LogP) is 0.812. The number of rotatable bonds is 0. The number of hydrogen-bond acceptors (Lipinski definition) is 4. The summed E-state index contributed by atoms with van der Waals surface area (Å²) in [5, 5.41) is 10.9. The summed E-state index contributed by atoms with van der Waals surface area (Å²) in [6, 6.07) is 4.67. The van der Waals surface area contributed by atoms with Crippen molar-refractivity contribution in [2.24, 2.45) is 0 Å². The van der Waals surface area contributed by atoms with Crippen LogP contribution in [-0.4, -0.2) is 25.0 Å². The van der Waals surface area contributed by atoms with Gasteiger partial charge in [-0.3, -0.25) is 0 Å². The first kappa shape index (κ1) is 7.31. The second-order valence-electron chi connectivity index (χ2n) is 2.81. The van der Waals surface area contributed by atoms with Crippen LogP contribution in [0.15, 0.2) is 24.4 Å². The van der Waals surface area contributed by atoms with Crippen LogP contribution < -0.4 is 0 Å². The van der Waals surface area contributed by atoms with Gasteiger partial charge in [0, 0.05) is 0 Å². The van der Waals surface area contributed by atoms with Gasteiger partial charge in [0.2, 0.25) is 0 Å². The van der Waals surface area contributed by atoms with Gasteiger partial charge < -0.3 is 0 Å². The number of aromatic nitrogens is 5. The molecule has 2 aromatic heterocycles. The van der Waals surface area contributed by atoms with E-state index in [1.54, 1.807) is 12.1 Å². The Bertz CT molecular complexity index is 617. The monoisotopic (exact) mass is 189 g/mol. The zero-order chi connectivity index (χ0) is 9.54. The maximum Gasteiger partial charge on any atom is 0.198 e. The number of benzene rings is 1. The molecule has 0 saturated carbocycles. The number of nitrogens with zero attached hydrogens (tertiary/aromatic N) is 5. The first-order valence-corrected chi connectivity index (χ1v) is 3.97. The molecule has 0 spiro atoms. The highest BCUT2D eigenvalue weighted by atomic mass is 19.1. The summed E-state index contributed by atoms with van der Waals surface area (Å²) in [6.07, 6.45) is 1.44. The van der Waals surface area contributed by atoms with Crippen LogP contribution in [0.2, 0.25) is 0 Å². The zero-order valence-electron chi connectivity index (χ0n) is 6.92. The molecule has 0 fully saturated rings. The summed E-state index contributed by atoms with van der Waals surface area (Å²) in [4.78, 5) is 3.94. The Morgan fingerprint density at radius 2 is 2.21 bits per heavy atom. The summed E-state index contributed by atoms with van der Waals surface area (Å²) < 4.78 is 14.7. The molecule has 0 aliphatic carbocycles. The van der Waals surface area contributed by atoms with Gasteiger partial charge in [-0.25, -0.2) is 9.37 Å². The van der Waals surface area contributed by atoms with E-state index in [1.165, 1.54) is 16.8 Å². The molecule has 6 heteroatoms. The van der Waals surface area contributed by atoms with Crippen molar-refractivity contribution in [2.45, 2.75) is 0 Å². The van der Waals surface area contributed by atoms with Gasteiger partial charge in [-0.1, -0.05) is 6.07 Å². The summed E-state index contributed by atoms with van der Waals surface area (Å²) in [6.45, 7) is 0. The Morgan fingerprint density at radius 1 is 1.29 bits per heavy atom. The predicted molar refractivity (Wildman–Crippen MR) is 46.0 cm³/mol. The molecule has 5 nitrogen and oxygen atoms in total. The maximum absolute atomic E-state index is 13.3. The lowest BCUT2D eigenvalue weighted by Crippen LogP contribution is -1.94. The molecule has 0 radical (unpaired) electrons. The number of tetrazole rings is 1. The van der Waals surface area contributed by atoms with Crippen molar-refractivity contribution in [3.8, 4) is 0 Å². The van der Waals surface area contributed by atoms with Crippen molar-refractivity contribution >= 4 is 16.7 Å². The number of hydrogen-bond donors (Lipinski definition) is 0. The topological polar surface area (TPSA) is 56.0 Å². The van der Waals surface area contributed by atoms with Gasteiger partial charge in [0.25, 0.3) is 0 Å². The van der Waals surface area contributed by atoms with E-state index in [0.29, 0.717) is 11.2 Å². The third-order valence-corrected chi connectivity index (χ3v) is 2.00. The lowest BCUT2D eigenvalue weighted by atomic mass is 10.3. The molecule has 14 heavy (non-hydrogen) atoms. The highest BCUT2D eigenvalue weighted by molar-refractivity contribution is 5.77.